The highest BCUT2D eigenvalue weighted by Gasteiger charge is 2.51. The Morgan fingerprint density at radius 2 is 0.705 bits per heavy atom. The van der Waals surface area contributed by atoms with E-state index < -0.39 is 0 Å². The van der Waals surface area contributed by atoms with Crippen molar-refractivity contribution in [3.8, 4) is 22.3 Å². The lowest BCUT2D eigenvalue weighted by Crippen LogP contribution is -2.44. The number of hydroxylamine groups is 4. The Morgan fingerprint density at radius 3 is 1.00 bits per heavy atom. The van der Waals surface area contributed by atoms with Gasteiger partial charge in [-0.2, -0.15) is 10.1 Å². The molecule has 5 aromatic rings. The summed E-state index contributed by atoms with van der Waals surface area (Å²) in [6, 6.07) is 31.9. The molecule has 0 fully saturated rings. The maximum absolute atomic E-state index is 5.97. The molecule has 0 atom stereocenters. The van der Waals surface area contributed by atoms with Crippen LogP contribution >= 0.6 is 0 Å². The first-order valence-electron chi connectivity index (χ1n) is 15.7. The van der Waals surface area contributed by atoms with Gasteiger partial charge >= 0.3 is 0 Å². The number of rotatable bonds is 4. The molecule has 44 heavy (non-hydrogen) atoms. The minimum atomic E-state index is -0.268. The largest absolute Gasteiger partial charge is 0.301 e. The zero-order valence-corrected chi connectivity index (χ0v) is 27.8. The van der Waals surface area contributed by atoms with Crippen LogP contribution in [-0.2, 0) is 31.8 Å². The molecule has 0 aromatic heterocycles. The van der Waals surface area contributed by atoms with Gasteiger partial charge in [-0.1, -0.05) is 72.8 Å². The molecule has 2 aliphatic heterocycles. The van der Waals surface area contributed by atoms with E-state index in [2.05, 4.69) is 150 Å². The van der Waals surface area contributed by atoms with Crippen LogP contribution in [0.2, 0.25) is 0 Å². The van der Waals surface area contributed by atoms with Crippen LogP contribution in [0.4, 0.5) is 0 Å². The van der Waals surface area contributed by atoms with E-state index in [0.717, 1.165) is 0 Å². The van der Waals surface area contributed by atoms with E-state index in [1.165, 1.54) is 66.1 Å². The van der Waals surface area contributed by atoms with E-state index in [1.54, 1.807) is 14.2 Å². The minimum absolute atomic E-state index is 0.228. The molecule has 0 bridgehead atoms. The first kappa shape index (κ1) is 29.2. The second-order valence-corrected chi connectivity index (χ2v) is 14.6. The normalized spacial score (nSPS) is 19.9. The summed E-state index contributed by atoms with van der Waals surface area (Å²) in [4.78, 5) is 11.9. The summed E-state index contributed by atoms with van der Waals surface area (Å²) in [6.45, 7) is 18.0. The molecule has 2 aliphatic rings. The van der Waals surface area contributed by atoms with Crippen molar-refractivity contribution >= 4 is 21.5 Å². The van der Waals surface area contributed by atoms with Crippen molar-refractivity contribution in [2.45, 2.75) is 77.5 Å². The Balaban J connectivity index is 1.51. The van der Waals surface area contributed by atoms with Crippen LogP contribution in [0.3, 0.4) is 0 Å². The van der Waals surface area contributed by atoms with Crippen LogP contribution in [0.5, 0.6) is 0 Å². The zero-order chi connectivity index (χ0) is 31.4. The molecule has 0 saturated carbocycles. The molecule has 0 aliphatic carbocycles. The minimum Gasteiger partial charge on any atom is -0.301 e. The Morgan fingerprint density at radius 1 is 0.409 bits per heavy atom. The molecule has 2 heterocycles. The molecule has 4 heteroatoms. The van der Waals surface area contributed by atoms with E-state index >= 15 is 0 Å². The van der Waals surface area contributed by atoms with Crippen molar-refractivity contribution in [1.29, 1.82) is 0 Å². The van der Waals surface area contributed by atoms with Crippen LogP contribution < -0.4 is 0 Å². The Labute approximate surface area is 262 Å². The fourth-order valence-electron chi connectivity index (χ4n) is 8.98. The predicted molar refractivity (Wildman–Crippen MR) is 182 cm³/mol. The number of hydrogen-bond donors (Lipinski definition) is 0. The van der Waals surface area contributed by atoms with Gasteiger partial charge in [0.05, 0.1) is 36.4 Å². The number of hydrogen-bond acceptors (Lipinski definition) is 4. The van der Waals surface area contributed by atoms with Crippen molar-refractivity contribution in [2.75, 3.05) is 14.2 Å². The van der Waals surface area contributed by atoms with Gasteiger partial charge < -0.3 is 9.68 Å². The Bertz CT molecular complexity index is 1770. The van der Waals surface area contributed by atoms with Crippen LogP contribution in [0.15, 0.2) is 84.9 Å². The number of nitrogens with zero attached hydrogens (tertiary/aromatic N) is 2. The molecule has 226 valence electrons. The molecule has 0 spiro atoms. The molecular formula is C40H44N2O2. The van der Waals surface area contributed by atoms with Gasteiger partial charge in [0, 0.05) is 0 Å². The summed E-state index contributed by atoms with van der Waals surface area (Å²) in [7, 11) is 3.56. The maximum atomic E-state index is 5.97. The highest BCUT2D eigenvalue weighted by Crippen LogP contribution is 2.53. The van der Waals surface area contributed by atoms with E-state index in [-0.39, 0.29) is 22.2 Å². The highest BCUT2D eigenvalue weighted by molar-refractivity contribution is 6.21. The fourth-order valence-corrected chi connectivity index (χ4v) is 8.98. The van der Waals surface area contributed by atoms with Gasteiger partial charge in [0.2, 0.25) is 0 Å². The molecule has 5 aromatic carbocycles. The van der Waals surface area contributed by atoms with Crippen LogP contribution in [0.1, 0.15) is 77.6 Å². The van der Waals surface area contributed by atoms with Crippen LogP contribution in [-0.4, -0.2) is 24.3 Å². The van der Waals surface area contributed by atoms with E-state index in [4.69, 9.17) is 9.68 Å². The van der Waals surface area contributed by atoms with Gasteiger partial charge in [-0.3, -0.25) is 0 Å². The van der Waals surface area contributed by atoms with E-state index in [0.29, 0.717) is 0 Å². The highest BCUT2D eigenvalue weighted by atomic mass is 16.7. The lowest BCUT2D eigenvalue weighted by molar-refractivity contribution is -0.241. The average Bonchev–Trinajstić information content (AvgIpc) is 3.24. The molecule has 0 N–H and O–H groups in total. The Hall–Kier alpha value is -3.54. The monoisotopic (exact) mass is 584 g/mol. The number of fused-ring (bicyclic) bond motifs is 4. The summed E-state index contributed by atoms with van der Waals surface area (Å²) < 4.78 is 0. The molecular weight excluding hydrogens is 540 g/mol. The SMILES string of the molecule is CON1C(C)(C)c2ccc(-c3c4ccccc4c(-c4ccc5c(c4)C(C)(C)N(OC)C5(C)C)c4ccccc34)cc2C1(C)C. The topological polar surface area (TPSA) is 24.9 Å². The van der Waals surface area contributed by atoms with Crippen molar-refractivity contribution in [3.05, 3.63) is 107 Å². The maximum Gasteiger partial charge on any atom is 0.0668 e. The molecule has 0 radical (unpaired) electrons. The molecule has 0 unspecified atom stereocenters. The smallest absolute Gasteiger partial charge is 0.0668 e. The first-order chi connectivity index (χ1) is 20.8. The van der Waals surface area contributed by atoms with Crippen molar-refractivity contribution in [2.24, 2.45) is 0 Å². The quantitative estimate of drug-likeness (QED) is 0.196. The summed E-state index contributed by atoms with van der Waals surface area (Å²) in [6.07, 6.45) is 0. The lowest BCUT2D eigenvalue weighted by Gasteiger charge is -2.38. The van der Waals surface area contributed by atoms with Crippen molar-refractivity contribution in [1.82, 2.24) is 10.1 Å². The standard InChI is InChI=1S/C40H44N2O2/c1-37(2)31-21-19-25(23-33(31)39(5,6)41(37)43-9)35-27-15-11-13-17-29(27)36(30-18-14-12-16-28(30)35)26-20-22-32-34(24-26)40(7,8)42(44-10)38(32,3)4/h11-24H,1-10H3. The van der Waals surface area contributed by atoms with Gasteiger partial charge in [0.25, 0.3) is 0 Å². The summed E-state index contributed by atoms with van der Waals surface area (Å²) >= 11 is 0. The summed E-state index contributed by atoms with van der Waals surface area (Å²) in [5.41, 5.74) is 9.28. The van der Waals surface area contributed by atoms with E-state index in [9.17, 15) is 0 Å². The third-order valence-electron chi connectivity index (χ3n) is 10.6. The summed E-state index contributed by atoms with van der Waals surface area (Å²) in [5.74, 6) is 0. The van der Waals surface area contributed by atoms with E-state index in [1.807, 2.05) is 0 Å². The molecule has 0 amide bonds. The lowest BCUT2D eigenvalue weighted by atomic mass is 9.82. The van der Waals surface area contributed by atoms with Crippen molar-refractivity contribution in [3.63, 3.8) is 0 Å². The fraction of sp³-hybridized carbons (Fsp3) is 0.350. The second-order valence-electron chi connectivity index (χ2n) is 14.6. The average molecular weight is 585 g/mol. The van der Waals surface area contributed by atoms with Gasteiger partial charge in [-0.15, -0.1) is 0 Å². The molecule has 7 rings (SSSR count). The first-order valence-corrected chi connectivity index (χ1v) is 15.7. The Kier molecular flexibility index (Phi) is 6.29. The van der Waals surface area contributed by atoms with Gasteiger partial charge in [0.15, 0.2) is 0 Å². The van der Waals surface area contributed by atoms with Gasteiger partial charge in [-0.25, -0.2) is 0 Å². The van der Waals surface area contributed by atoms with Gasteiger partial charge in [0.1, 0.15) is 0 Å². The van der Waals surface area contributed by atoms with Crippen LogP contribution in [0.25, 0.3) is 43.8 Å². The predicted octanol–water partition coefficient (Wildman–Crippen LogP) is 10.0. The molecule has 4 nitrogen and oxygen atoms in total. The van der Waals surface area contributed by atoms with Crippen LogP contribution in [0, 0.1) is 0 Å². The summed E-state index contributed by atoms with van der Waals surface area (Å²) in [5, 5.41) is 9.32. The molecule has 0 saturated heterocycles. The number of benzene rings is 5. The zero-order valence-electron chi connectivity index (χ0n) is 27.8. The van der Waals surface area contributed by atoms with Crippen molar-refractivity contribution < 1.29 is 9.68 Å². The third kappa shape index (κ3) is 3.72. The second kappa shape index (κ2) is 9.48. The van der Waals surface area contributed by atoms with Gasteiger partial charge in [-0.05, 0) is 134 Å². The third-order valence-corrected chi connectivity index (χ3v) is 10.6.